The lowest BCUT2D eigenvalue weighted by Crippen LogP contribution is -2.16. The average Bonchev–Trinajstić information content (AvgIpc) is 2.71. The first-order chi connectivity index (χ1) is 8.25. The Morgan fingerprint density at radius 2 is 1.88 bits per heavy atom. The zero-order valence-corrected chi connectivity index (χ0v) is 8.68. The third-order valence-corrected chi connectivity index (χ3v) is 2.49. The molecular weight excluding hydrogens is 220 g/mol. The van der Waals surface area contributed by atoms with Gasteiger partial charge in [0, 0.05) is 6.07 Å². The minimum atomic E-state index is -0.380. The second kappa shape index (κ2) is 3.44. The molecule has 0 aliphatic carbocycles. The van der Waals surface area contributed by atoms with Crippen LogP contribution in [0.2, 0.25) is 0 Å². The molecule has 0 unspecified atom stereocenters. The molecule has 0 aliphatic rings. The summed E-state index contributed by atoms with van der Waals surface area (Å²) in [5.74, 6) is 0.210. The molecule has 0 atom stereocenters. The van der Waals surface area contributed by atoms with Crippen LogP contribution in [0.3, 0.4) is 0 Å². The Kier molecular flexibility index (Phi) is 1.94. The highest BCUT2D eigenvalue weighted by atomic mass is 16.2. The van der Waals surface area contributed by atoms with E-state index in [4.69, 9.17) is 0 Å². The highest BCUT2D eigenvalue weighted by Gasteiger charge is 2.08. The first-order valence-corrected chi connectivity index (χ1v) is 5.01. The van der Waals surface area contributed by atoms with Crippen LogP contribution in [0.15, 0.2) is 46.0 Å². The van der Waals surface area contributed by atoms with E-state index < -0.39 is 0 Å². The Bertz CT molecular complexity index is 782. The number of aromatic nitrogens is 4. The fourth-order valence-corrected chi connectivity index (χ4v) is 1.76. The molecule has 0 saturated carbocycles. The molecule has 17 heavy (non-hydrogen) atoms. The number of rotatable bonds is 1. The van der Waals surface area contributed by atoms with E-state index in [1.165, 1.54) is 10.5 Å². The van der Waals surface area contributed by atoms with Crippen LogP contribution in [0.4, 0.5) is 0 Å². The molecule has 0 bridgehead atoms. The first-order valence-electron chi connectivity index (χ1n) is 5.01. The molecule has 84 valence electrons. The Balaban J connectivity index is 2.47. The number of benzene rings is 1. The van der Waals surface area contributed by atoms with Crippen LogP contribution >= 0.6 is 0 Å². The summed E-state index contributed by atoms with van der Waals surface area (Å²) in [4.78, 5) is 25.6. The largest absolute Gasteiger partial charge is 0.349 e. The summed E-state index contributed by atoms with van der Waals surface area (Å²) < 4.78 is 1.33. The molecule has 0 amide bonds. The molecule has 0 aliphatic heterocycles. The van der Waals surface area contributed by atoms with Crippen molar-refractivity contribution in [1.82, 2.24) is 19.6 Å². The second-order valence-corrected chi connectivity index (χ2v) is 3.57. The van der Waals surface area contributed by atoms with Crippen molar-refractivity contribution in [3.05, 3.63) is 57.2 Å². The number of hydrogen-bond acceptors (Lipinski definition) is 3. The van der Waals surface area contributed by atoms with Crippen molar-refractivity contribution in [3.63, 3.8) is 0 Å². The number of aromatic amines is 2. The lowest BCUT2D eigenvalue weighted by molar-refractivity contribution is 1.02. The maximum atomic E-state index is 11.6. The van der Waals surface area contributed by atoms with Gasteiger partial charge in [0.05, 0.1) is 5.69 Å². The van der Waals surface area contributed by atoms with Gasteiger partial charge in [-0.1, -0.05) is 30.3 Å². The van der Waals surface area contributed by atoms with Gasteiger partial charge in [0.25, 0.3) is 5.56 Å². The molecule has 2 N–H and O–H groups in total. The van der Waals surface area contributed by atoms with Crippen LogP contribution in [0.25, 0.3) is 17.0 Å². The van der Waals surface area contributed by atoms with Crippen LogP contribution in [0, 0.1) is 0 Å². The highest BCUT2D eigenvalue weighted by molar-refractivity contribution is 5.61. The predicted molar refractivity (Wildman–Crippen MR) is 61.9 cm³/mol. The normalized spacial score (nSPS) is 10.8. The third-order valence-electron chi connectivity index (χ3n) is 2.49. The zero-order valence-electron chi connectivity index (χ0n) is 8.68. The van der Waals surface area contributed by atoms with Crippen molar-refractivity contribution in [2.75, 3.05) is 0 Å². The molecule has 2 aromatic heterocycles. The van der Waals surface area contributed by atoms with Crippen LogP contribution in [0.5, 0.6) is 0 Å². The van der Waals surface area contributed by atoms with Crippen LogP contribution in [-0.4, -0.2) is 19.6 Å². The molecule has 0 radical (unpaired) electrons. The summed E-state index contributed by atoms with van der Waals surface area (Å²) in [6.07, 6.45) is 0. The first kappa shape index (κ1) is 9.59. The Morgan fingerprint density at radius 1 is 1.12 bits per heavy atom. The summed E-state index contributed by atoms with van der Waals surface area (Å²) in [5.41, 5.74) is 0.626. The Morgan fingerprint density at radius 3 is 2.65 bits per heavy atom. The van der Waals surface area contributed by atoms with Gasteiger partial charge in [-0.3, -0.25) is 9.78 Å². The molecule has 0 spiro atoms. The molecule has 0 fully saturated rings. The fraction of sp³-hybridized carbons (Fsp3) is 0. The van der Waals surface area contributed by atoms with Gasteiger partial charge >= 0.3 is 5.69 Å². The summed E-state index contributed by atoms with van der Waals surface area (Å²) >= 11 is 0. The number of fused-ring (bicyclic) bond motifs is 1. The average molecular weight is 228 g/mol. The maximum Gasteiger partial charge on any atom is 0.349 e. The molecule has 1 aromatic carbocycles. The molecule has 3 rings (SSSR count). The number of nitrogens with zero attached hydrogens (tertiary/aromatic N) is 2. The van der Waals surface area contributed by atoms with E-state index in [2.05, 4.69) is 15.2 Å². The van der Waals surface area contributed by atoms with Gasteiger partial charge in [-0.15, -0.1) is 5.10 Å². The summed E-state index contributed by atoms with van der Waals surface area (Å²) in [7, 11) is 0. The molecular formula is C11H8N4O2. The van der Waals surface area contributed by atoms with Crippen molar-refractivity contribution in [2.45, 2.75) is 0 Å². The van der Waals surface area contributed by atoms with Crippen molar-refractivity contribution in [2.24, 2.45) is 0 Å². The maximum absolute atomic E-state index is 11.6. The Hall–Kier alpha value is -2.63. The number of H-pyrrole nitrogens is 2. The fourth-order valence-electron chi connectivity index (χ4n) is 1.76. The SMILES string of the molecule is O=c1cc(-c2ccccc2)n2c(=O)[nH]nc2[nH]1. The van der Waals surface area contributed by atoms with E-state index in [1.807, 2.05) is 30.3 Å². The number of hydrogen-bond donors (Lipinski definition) is 2. The highest BCUT2D eigenvalue weighted by Crippen LogP contribution is 2.15. The van der Waals surface area contributed by atoms with Crippen molar-refractivity contribution < 1.29 is 0 Å². The van der Waals surface area contributed by atoms with E-state index in [0.29, 0.717) is 5.69 Å². The molecule has 0 saturated heterocycles. The lowest BCUT2D eigenvalue weighted by Gasteiger charge is -2.02. The quantitative estimate of drug-likeness (QED) is 0.631. The third kappa shape index (κ3) is 1.46. The van der Waals surface area contributed by atoms with E-state index in [9.17, 15) is 9.59 Å². The molecule has 3 aromatic rings. The monoisotopic (exact) mass is 228 g/mol. The van der Waals surface area contributed by atoms with Gasteiger partial charge in [-0.05, 0) is 5.56 Å². The van der Waals surface area contributed by atoms with Gasteiger partial charge in [-0.2, -0.15) is 0 Å². The van der Waals surface area contributed by atoms with Gasteiger partial charge in [-0.25, -0.2) is 14.3 Å². The van der Waals surface area contributed by atoms with E-state index in [-0.39, 0.29) is 17.0 Å². The van der Waals surface area contributed by atoms with Gasteiger partial charge in [0.2, 0.25) is 5.78 Å². The molecule has 6 heteroatoms. The minimum Gasteiger partial charge on any atom is -0.291 e. The smallest absolute Gasteiger partial charge is 0.291 e. The zero-order chi connectivity index (χ0) is 11.8. The number of nitrogens with one attached hydrogen (secondary N) is 2. The van der Waals surface area contributed by atoms with E-state index in [0.717, 1.165) is 5.56 Å². The van der Waals surface area contributed by atoms with Crippen LogP contribution in [-0.2, 0) is 0 Å². The Labute approximate surface area is 94.6 Å². The van der Waals surface area contributed by atoms with E-state index in [1.54, 1.807) is 0 Å². The van der Waals surface area contributed by atoms with Crippen molar-refractivity contribution >= 4 is 5.78 Å². The van der Waals surface area contributed by atoms with Crippen LogP contribution in [0.1, 0.15) is 0 Å². The standard InChI is InChI=1S/C11H8N4O2/c16-9-6-8(7-4-2-1-3-5-7)15-10(12-9)13-14-11(15)17/h1-6H,(H,14,17)(H,12,13,16). The molecule has 2 heterocycles. The second-order valence-electron chi connectivity index (χ2n) is 3.57. The molecule has 6 nitrogen and oxygen atoms in total. The van der Waals surface area contributed by atoms with E-state index >= 15 is 0 Å². The topological polar surface area (TPSA) is 83.0 Å². The van der Waals surface area contributed by atoms with Crippen molar-refractivity contribution in [3.8, 4) is 11.3 Å². The summed E-state index contributed by atoms with van der Waals surface area (Å²) in [6.45, 7) is 0. The lowest BCUT2D eigenvalue weighted by atomic mass is 10.1. The summed E-state index contributed by atoms with van der Waals surface area (Å²) in [5, 5.41) is 6.04. The van der Waals surface area contributed by atoms with Gasteiger partial charge < -0.3 is 0 Å². The van der Waals surface area contributed by atoms with Gasteiger partial charge in [0.1, 0.15) is 0 Å². The van der Waals surface area contributed by atoms with Crippen molar-refractivity contribution in [1.29, 1.82) is 0 Å². The van der Waals surface area contributed by atoms with Gasteiger partial charge in [0.15, 0.2) is 0 Å². The van der Waals surface area contributed by atoms with Crippen LogP contribution < -0.4 is 11.2 Å². The predicted octanol–water partition coefficient (Wildman–Crippen LogP) is 0.378. The minimum absolute atomic E-state index is 0.210. The summed E-state index contributed by atoms with van der Waals surface area (Å²) in [6, 6.07) is 10.6.